The molecule has 28 heavy (non-hydrogen) atoms. The van der Waals surface area contributed by atoms with Crippen LogP contribution in [0.1, 0.15) is 18.9 Å². The van der Waals surface area contributed by atoms with Crippen LogP contribution in [0.15, 0.2) is 29.3 Å². The van der Waals surface area contributed by atoms with Gasteiger partial charge in [0.1, 0.15) is 5.75 Å². The molecular weight excluding hydrogens is 481 g/mol. The summed E-state index contributed by atoms with van der Waals surface area (Å²) in [6, 6.07) is 6.66. The zero-order valence-electron chi connectivity index (χ0n) is 17.2. The first-order valence-electron chi connectivity index (χ1n) is 9.17. The summed E-state index contributed by atoms with van der Waals surface area (Å²) in [7, 11) is 5.73. The van der Waals surface area contributed by atoms with Gasteiger partial charge in [0.2, 0.25) is 0 Å². The second-order valence-electron chi connectivity index (χ2n) is 6.26. The number of benzene rings is 1. The van der Waals surface area contributed by atoms with Crippen molar-refractivity contribution in [2.45, 2.75) is 26.5 Å². The van der Waals surface area contributed by atoms with Gasteiger partial charge in [-0.3, -0.25) is 4.99 Å². The number of aliphatic imine (C=N–C) groups is 1. The van der Waals surface area contributed by atoms with E-state index < -0.39 is 6.61 Å². The van der Waals surface area contributed by atoms with Gasteiger partial charge in [0.15, 0.2) is 5.96 Å². The second-order valence-corrected chi connectivity index (χ2v) is 6.26. The lowest BCUT2D eigenvalue weighted by Crippen LogP contribution is -2.38. The van der Waals surface area contributed by atoms with Crippen LogP contribution in [0.3, 0.4) is 0 Å². The van der Waals surface area contributed by atoms with Crippen LogP contribution in [-0.2, 0) is 11.3 Å². The van der Waals surface area contributed by atoms with Crippen LogP contribution in [-0.4, -0.2) is 76.4 Å². The van der Waals surface area contributed by atoms with Gasteiger partial charge in [-0.15, -0.1) is 24.0 Å². The van der Waals surface area contributed by atoms with Crippen molar-refractivity contribution < 1.29 is 18.3 Å². The Morgan fingerprint density at radius 2 is 1.86 bits per heavy atom. The minimum Gasteiger partial charge on any atom is -0.435 e. The van der Waals surface area contributed by atoms with Crippen molar-refractivity contribution in [1.82, 2.24) is 15.1 Å². The molecule has 0 heterocycles. The van der Waals surface area contributed by atoms with Gasteiger partial charge >= 0.3 is 6.61 Å². The molecule has 0 saturated heterocycles. The average molecular weight is 514 g/mol. The quantitative estimate of drug-likeness (QED) is 0.201. The van der Waals surface area contributed by atoms with Crippen molar-refractivity contribution in [1.29, 1.82) is 0 Å². The molecule has 162 valence electrons. The van der Waals surface area contributed by atoms with Crippen molar-refractivity contribution in [3.8, 4) is 5.75 Å². The molecule has 1 rings (SSSR count). The van der Waals surface area contributed by atoms with Crippen LogP contribution in [0.25, 0.3) is 0 Å². The van der Waals surface area contributed by atoms with Crippen LogP contribution in [0, 0.1) is 0 Å². The lowest BCUT2D eigenvalue weighted by molar-refractivity contribution is -0.0498. The summed E-state index contributed by atoms with van der Waals surface area (Å²) in [5.74, 6) is 0.986. The van der Waals surface area contributed by atoms with E-state index in [9.17, 15) is 8.78 Å². The van der Waals surface area contributed by atoms with Crippen LogP contribution >= 0.6 is 24.0 Å². The highest BCUT2D eigenvalue weighted by Crippen LogP contribution is 2.15. The molecule has 0 aliphatic heterocycles. The molecule has 0 fully saturated rings. The standard InChI is InChI=1S/C19H32F2N4O2.HI/c1-5-22-19(23-11-6-12-24(2)13-14-26-4)25(3)15-16-7-9-17(10-8-16)27-18(20)21;/h7-10,18H,5-6,11-15H2,1-4H3,(H,22,23);1H. The molecule has 0 saturated carbocycles. The van der Waals surface area contributed by atoms with Crippen molar-refractivity contribution in [3.63, 3.8) is 0 Å². The molecule has 0 amide bonds. The number of rotatable bonds is 12. The maximum Gasteiger partial charge on any atom is 0.387 e. The summed E-state index contributed by atoms with van der Waals surface area (Å²) >= 11 is 0. The maximum atomic E-state index is 12.2. The van der Waals surface area contributed by atoms with E-state index in [1.807, 2.05) is 18.9 Å². The number of guanidine groups is 1. The molecule has 0 radical (unpaired) electrons. The molecule has 6 nitrogen and oxygen atoms in total. The largest absolute Gasteiger partial charge is 0.435 e. The summed E-state index contributed by atoms with van der Waals surface area (Å²) < 4.78 is 33.9. The Morgan fingerprint density at radius 3 is 2.43 bits per heavy atom. The van der Waals surface area contributed by atoms with Crippen molar-refractivity contribution in [2.24, 2.45) is 4.99 Å². The number of hydrogen-bond donors (Lipinski definition) is 1. The fourth-order valence-electron chi connectivity index (χ4n) is 2.48. The normalized spacial score (nSPS) is 11.5. The zero-order chi connectivity index (χ0) is 20.1. The molecule has 0 bridgehead atoms. The van der Waals surface area contributed by atoms with E-state index in [1.54, 1.807) is 31.4 Å². The third-order valence-corrected chi connectivity index (χ3v) is 3.90. The molecule has 0 atom stereocenters. The Bertz CT molecular complexity index is 547. The topological polar surface area (TPSA) is 49.3 Å². The molecule has 0 spiro atoms. The van der Waals surface area contributed by atoms with Gasteiger partial charge in [-0.1, -0.05) is 12.1 Å². The monoisotopic (exact) mass is 514 g/mol. The van der Waals surface area contributed by atoms with Crippen LogP contribution in [0.2, 0.25) is 0 Å². The Kier molecular flexibility index (Phi) is 15.0. The number of nitrogens with zero attached hydrogens (tertiary/aromatic N) is 3. The van der Waals surface area contributed by atoms with E-state index in [4.69, 9.17) is 4.74 Å². The number of nitrogens with one attached hydrogen (secondary N) is 1. The summed E-state index contributed by atoms with van der Waals surface area (Å²) in [5, 5.41) is 3.28. The van der Waals surface area contributed by atoms with E-state index in [1.165, 1.54) is 0 Å². The number of halogens is 3. The van der Waals surface area contributed by atoms with Gasteiger partial charge in [0.05, 0.1) is 6.61 Å². The minimum absolute atomic E-state index is 0. The third-order valence-electron chi connectivity index (χ3n) is 3.90. The van der Waals surface area contributed by atoms with Gasteiger partial charge in [-0.05, 0) is 44.6 Å². The lowest BCUT2D eigenvalue weighted by Gasteiger charge is -2.22. The highest BCUT2D eigenvalue weighted by atomic mass is 127. The fraction of sp³-hybridized carbons (Fsp3) is 0.632. The van der Waals surface area contributed by atoms with Crippen LogP contribution in [0.4, 0.5) is 8.78 Å². The highest BCUT2D eigenvalue weighted by molar-refractivity contribution is 14.0. The second kappa shape index (κ2) is 15.7. The summed E-state index contributed by atoms with van der Waals surface area (Å²) in [5.41, 5.74) is 0.990. The van der Waals surface area contributed by atoms with E-state index in [2.05, 4.69) is 27.0 Å². The first-order valence-corrected chi connectivity index (χ1v) is 9.17. The first kappa shape index (κ1) is 26.8. The average Bonchev–Trinajstić information content (AvgIpc) is 2.63. The lowest BCUT2D eigenvalue weighted by atomic mass is 10.2. The molecule has 0 aromatic heterocycles. The SMILES string of the molecule is CCNC(=NCCCN(C)CCOC)N(C)Cc1ccc(OC(F)F)cc1.I. The van der Waals surface area contributed by atoms with Crippen LogP contribution in [0.5, 0.6) is 5.75 Å². The van der Waals surface area contributed by atoms with E-state index >= 15 is 0 Å². The molecule has 9 heteroatoms. The molecule has 0 unspecified atom stereocenters. The zero-order valence-corrected chi connectivity index (χ0v) is 19.5. The molecule has 0 aliphatic rings. The smallest absolute Gasteiger partial charge is 0.387 e. The Hall–Kier alpha value is -1.20. The molecule has 1 aromatic rings. The number of alkyl halides is 2. The van der Waals surface area contributed by atoms with Gasteiger partial charge in [0.25, 0.3) is 0 Å². The van der Waals surface area contributed by atoms with Crippen molar-refractivity contribution >= 4 is 29.9 Å². The van der Waals surface area contributed by atoms with Crippen molar-refractivity contribution in [3.05, 3.63) is 29.8 Å². The van der Waals surface area contributed by atoms with E-state index in [0.29, 0.717) is 6.54 Å². The summed E-state index contributed by atoms with van der Waals surface area (Å²) in [6.07, 6.45) is 0.961. The fourth-order valence-corrected chi connectivity index (χ4v) is 2.48. The van der Waals surface area contributed by atoms with Gasteiger partial charge in [-0.2, -0.15) is 8.78 Å². The molecule has 1 N–H and O–H groups in total. The minimum atomic E-state index is -2.81. The predicted molar refractivity (Wildman–Crippen MR) is 120 cm³/mol. The van der Waals surface area contributed by atoms with E-state index in [0.717, 1.165) is 50.7 Å². The highest BCUT2D eigenvalue weighted by Gasteiger charge is 2.08. The van der Waals surface area contributed by atoms with Crippen molar-refractivity contribution in [2.75, 3.05) is 54.0 Å². The number of likely N-dealkylation sites (N-methyl/N-ethyl adjacent to an activating group) is 1. The summed E-state index contributed by atoms with van der Waals surface area (Å²) in [4.78, 5) is 8.90. The maximum absolute atomic E-state index is 12.2. The Morgan fingerprint density at radius 1 is 1.18 bits per heavy atom. The first-order chi connectivity index (χ1) is 13.0. The van der Waals surface area contributed by atoms with Gasteiger partial charge in [-0.25, -0.2) is 0 Å². The Labute approximate surface area is 184 Å². The molecule has 1 aromatic carbocycles. The van der Waals surface area contributed by atoms with E-state index in [-0.39, 0.29) is 29.7 Å². The third kappa shape index (κ3) is 11.6. The number of hydrogen-bond acceptors (Lipinski definition) is 4. The number of methoxy groups -OCH3 is 1. The molecular formula is C19H33F2IN4O2. The van der Waals surface area contributed by atoms with Gasteiger partial charge < -0.3 is 24.6 Å². The number of ether oxygens (including phenoxy) is 2. The predicted octanol–water partition coefficient (Wildman–Crippen LogP) is 3.27. The Balaban J connectivity index is 0.00000729. The summed E-state index contributed by atoms with van der Waals surface area (Å²) in [6.45, 7) is 3.94. The molecule has 0 aliphatic carbocycles. The van der Waals surface area contributed by atoms with Gasteiger partial charge in [0, 0.05) is 40.3 Å². The van der Waals surface area contributed by atoms with Crippen LogP contribution < -0.4 is 10.1 Å².